The van der Waals surface area contributed by atoms with E-state index in [1.807, 2.05) is 0 Å². The Bertz CT molecular complexity index is 594. The molecular weight excluding hydrogens is 330 g/mol. The van der Waals surface area contributed by atoms with Crippen molar-refractivity contribution in [3.05, 3.63) is 35.4 Å². The highest BCUT2D eigenvalue weighted by Gasteiger charge is 2.30. The van der Waals surface area contributed by atoms with E-state index in [1.165, 1.54) is 11.1 Å². The Balaban J connectivity index is 1.59. The van der Waals surface area contributed by atoms with Gasteiger partial charge in [0.25, 0.3) is 0 Å². The van der Waals surface area contributed by atoms with Gasteiger partial charge in [-0.2, -0.15) is 12.6 Å². The zero-order valence-corrected chi connectivity index (χ0v) is 16.2. The van der Waals surface area contributed by atoms with Gasteiger partial charge in [-0.15, -0.1) is 0 Å². The summed E-state index contributed by atoms with van der Waals surface area (Å²) in [4.78, 5) is 13.0. The van der Waals surface area contributed by atoms with Crippen LogP contribution in [0.5, 0.6) is 0 Å². The van der Waals surface area contributed by atoms with Crippen molar-refractivity contribution in [1.82, 2.24) is 16.0 Å². The average Bonchev–Trinajstić information content (AvgIpc) is 3.21. The van der Waals surface area contributed by atoms with Crippen molar-refractivity contribution in [3.8, 4) is 0 Å². The van der Waals surface area contributed by atoms with E-state index in [-0.39, 0.29) is 18.0 Å². The minimum atomic E-state index is -0.140. The Morgan fingerprint density at radius 2 is 2.20 bits per heavy atom. The lowest BCUT2D eigenvalue weighted by atomic mass is 9.97. The van der Waals surface area contributed by atoms with Crippen molar-refractivity contribution < 1.29 is 4.79 Å². The van der Waals surface area contributed by atoms with Gasteiger partial charge in [-0.25, -0.2) is 0 Å². The fourth-order valence-corrected chi connectivity index (χ4v) is 4.34. The van der Waals surface area contributed by atoms with Gasteiger partial charge in [0.2, 0.25) is 5.91 Å². The molecule has 3 N–H and O–H groups in total. The molecule has 1 aromatic carbocycles. The number of carbonyl (C=O) groups is 1. The van der Waals surface area contributed by atoms with E-state index >= 15 is 0 Å². The van der Waals surface area contributed by atoms with Crippen LogP contribution in [0.4, 0.5) is 0 Å². The van der Waals surface area contributed by atoms with Crippen molar-refractivity contribution in [2.45, 2.75) is 62.9 Å². The number of hydrogen-bond donors (Lipinski definition) is 4. The van der Waals surface area contributed by atoms with E-state index in [1.54, 1.807) is 0 Å². The van der Waals surface area contributed by atoms with Crippen molar-refractivity contribution in [1.29, 1.82) is 0 Å². The molecule has 1 aliphatic heterocycles. The van der Waals surface area contributed by atoms with Crippen LogP contribution in [0.15, 0.2) is 24.3 Å². The standard InChI is InChI=1S/C20H31N3OS/c1-3-13(2)19(22-11-15-10-16(25)12-21-15)20(24)23-18-9-8-14-6-4-5-7-17(14)18/h4-7,13,15-16,18-19,21-22,25H,3,8-12H2,1-2H3,(H,23,24)/t13-,15+,16+,18?,19-/m0/s1. The molecule has 2 aliphatic rings. The summed E-state index contributed by atoms with van der Waals surface area (Å²) in [5.74, 6) is 0.446. The van der Waals surface area contributed by atoms with Crippen LogP contribution in [0.3, 0.4) is 0 Å². The maximum atomic E-state index is 13.0. The second-order valence-electron chi connectivity index (χ2n) is 7.56. The van der Waals surface area contributed by atoms with Crippen LogP contribution >= 0.6 is 12.6 Å². The summed E-state index contributed by atoms with van der Waals surface area (Å²) < 4.78 is 0. The lowest BCUT2D eigenvalue weighted by Crippen LogP contribution is -2.51. The van der Waals surface area contributed by atoms with Gasteiger partial charge >= 0.3 is 0 Å². The number of amides is 1. The van der Waals surface area contributed by atoms with E-state index in [0.717, 1.165) is 38.8 Å². The Morgan fingerprint density at radius 1 is 1.40 bits per heavy atom. The van der Waals surface area contributed by atoms with E-state index < -0.39 is 0 Å². The van der Waals surface area contributed by atoms with E-state index in [0.29, 0.717) is 17.2 Å². The molecule has 4 nitrogen and oxygen atoms in total. The highest BCUT2D eigenvalue weighted by atomic mass is 32.1. The molecule has 0 saturated carbocycles. The Kier molecular flexibility index (Phi) is 6.42. The monoisotopic (exact) mass is 361 g/mol. The van der Waals surface area contributed by atoms with Gasteiger partial charge in [-0.3, -0.25) is 4.79 Å². The molecule has 3 rings (SSSR count). The van der Waals surface area contributed by atoms with Crippen LogP contribution < -0.4 is 16.0 Å². The van der Waals surface area contributed by atoms with E-state index in [9.17, 15) is 4.79 Å². The van der Waals surface area contributed by atoms with Crippen molar-refractivity contribution in [2.75, 3.05) is 13.1 Å². The number of nitrogens with one attached hydrogen (secondary N) is 3. The number of fused-ring (bicyclic) bond motifs is 1. The largest absolute Gasteiger partial charge is 0.348 e. The first-order chi connectivity index (χ1) is 12.1. The van der Waals surface area contributed by atoms with Gasteiger partial charge in [-0.05, 0) is 36.3 Å². The number of carbonyl (C=O) groups excluding carboxylic acids is 1. The van der Waals surface area contributed by atoms with Gasteiger partial charge in [0.1, 0.15) is 0 Å². The normalized spacial score (nSPS) is 27.7. The number of hydrogen-bond acceptors (Lipinski definition) is 4. The lowest BCUT2D eigenvalue weighted by Gasteiger charge is -2.27. The summed E-state index contributed by atoms with van der Waals surface area (Å²) in [5.41, 5.74) is 2.66. The Labute approximate surface area is 156 Å². The first kappa shape index (κ1) is 18.7. The topological polar surface area (TPSA) is 53.2 Å². The zero-order chi connectivity index (χ0) is 17.8. The lowest BCUT2D eigenvalue weighted by molar-refractivity contribution is -0.125. The third-order valence-corrected chi connectivity index (χ3v) is 6.12. The molecule has 5 heteroatoms. The highest BCUT2D eigenvalue weighted by molar-refractivity contribution is 7.81. The number of thiol groups is 1. The van der Waals surface area contributed by atoms with E-state index in [4.69, 9.17) is 0 Å². The van der Waals surface area contributed by atoms with Crippen LogP contribution in [0, 0.1) is 5.92 Å². The summed E-state index contributed by atoms with van der Waals surface area (Å²) in [6, 6.07) is 8.89. The molecule has 25 heavy (non-hydrogen) atoms. The van der Waals surface area contributed by atoms with Crippen molar-refractivity contribution in [2.24, 2.45) is 5.92 Å². The third-order valence-electron chi connectivity index (χ3n) is 5.73. The molecule has 1 saturated heterocycles. The number of rotatable bonds is 7. The fraction of sp³-hybridized carbons (Fsp3) is 0.650. The average molecular weight is 362 g/mol. The third kappa shape index (κ3) is 4.57. The second kappa shape index (κ2) is 8.56. The molecule has 0 radical (unpaired) electrons. The summed E-state index contributed by atoms with van der Waals surface area (Å²) >= 11 is 4.53. The quantitative estimate of drug-likeness (QED) is 0.564. The molecule has 138 valence electrons. The molecule has 5 atom stereocenters. The van der Waals surface area contributed by atoms with Crippen LogP contribution in [0.1, 0.15) is 50.3 Å². The molecular formula is C20H31N3OS. The first-order valence-corrected chi connectivity index (χ1v) is 10.1. The van der Waals surface area contributed by atoms with Crippen molar-refractivity contribution in [3.63, 3.8) is 0 Å². The minimum absolute atomic E-state index is 0.136. The Hall–Kier alpha value is -1.04. The molecule has 1 heterocycles. The summed E-state index contributed by atoms with van der Waals surface area (Å²) in [6.45, 7) is 6.08. The van der Waals surface area contributed by atoms with Crippen LogP contribution in [-0.4, -0.2) is 36.3 Å². The second-order valence-corrected chi connectivity index (χ2v) is 8.30. The Morgan fingerprint density at radius 3 is 2.92 bits per heavy atom. The maximum absolute atomic E-state index is 13.0. The van der Waals surface area contributed by atoms with Gasteiger partial charge in [0, 0.05) is 24.4 Å². The molecule has 1 aliphatic carbocycles. The summed E-state index contributed by atoms with van der Waals surface area (Å²) in [5, 5.41) is 10.7. The molecule has 0 spiro atoms. The van der Waals surface area contributed by atoms with Gasteiger partial charge in [0.05, 0.1) is 12.1 Å². The molecule has 0 aromatic heterocycles. The molecule has 1 aromatic rings. The predicted molar refractivity (Wildman–Crippen MR) is 106 cm³/mol. The fourth-order valence-electron chi connectivity index (χ4n) is 3.98. The molecule has 1 amide bonds. The molecule has 0 bridgehead atoms. The van der Waals surface area contributed by atoms with Gasteiger partial charge < -0.3 is 16.0 Å². The highest BCUT2D eigenvalue weighted by Crippen LogP contribution is 2.30. The number of benzene rings is 1. The SMILES string of the molecule is CC[C@H](C)[C@H](NC[C@H]1C[C@@H](S)CN1)C(=O)NC1CCc2ccccc21. The maximum Gasteiger partial charge on any atom is 0.237 e. The molecule has 1 fully saturated rings. The predicted octanol–water partition coefficient (Wildman–Crippen LogP) is 2.45. The van der Waals surface area contributed by atoms with Crippen LogP contribution in [0.25, 0.3) is 0 Å². The van der Waals surface area contributed by atoms with Crippen molar-refractivity contribution >= 4 is 18.5 Å². The summed E-state index contributed by atoms with van der Waals surface area (Å²) in [6.07, 6.45) is 4.10. The number of aryl methyl sites for hydroxylation is 1. The first-order valence-electron chi connectivity index (χ1n) is 9.61. The zero-order valence-electron chi connectivity index (χ0n) is 15.3. The van der Waals surface area contributed by atoms with Crippen LogP contribution in [-0.2, 0) is 11.2 Å². The van der Waals surface area contributed by atoms with Crippen LogP contribution in [0.2, 0.25) is 0 Å². The molecule has 1 unspecified atom stereocenters. The minimum Gasteiger partial charge on any atom is -0.348 e. The van der Waals surface area contributed by atoms with Gasteiger partial charge in [-0.1, -0.05) is 44.5 Å². The smallest absolute Gasteiger partial charge is 0.237 e. The van der Waals surface area contributed by atoms with Gasteiger partial charge in [0.15, 0.2) is 0 Å². The summed E-state index contributed by atoms with van der Waals surface area (Å²) in [7, 11) is 0. The van der Waals surface area contributed by atoms with E-state index in [2.05, 4.69) is 66.7 Å².